The van der Waals surface area contributed by atoms with Gasteiger partial charge >= 0.3 is 5.97 Å². The Kier molecular flexibility index (Phi) is 3.50. The maximum absolute atomic E-state index is 11.1. The molecule has 4 nitrogen and oxygen atoms in total. The number of nitrogens with one attached hydrogen (secondary N) is 1. The molecule has 72 valence electrons. The van der Waals surface area contributed by atoms with Crippen LogP contribution < -0.4 is 5.32 Å². The van der Waals surface area contributed by atoms with E-state index in [0.29, 0.717) is 5.56 Å². The quantitative estimate of drug-likeness (QED) is 0.578. The third-order valence-corrected chi connectivity index (χ3v) is 1.66. The van der Waals surface area contributed by atoms with Gasteiger partial charge in [0.2, 0.25) is 0 Å². The number of carbonyl (C=O) groups is 1. The summed E-state index contributed by atoms with van der Waals surface area (Å²) in [5.74, 6) is -0.384. The Morgan fingerprint density at radius 3 is 3.07 bits per heavy atom. The lowest BCUT2D eigenvalue weighted by atomic mass is 10.2. The van der Waals surface area contributed by atoms with Crippen LogP contribution in [0.4, 0.5) is 5.69 Å². The van der Waals surface area contributed by atoms with Gasteiger partial charge in [-0.05, 0) is 18.2 Å². The van der Waals surface area contributed by atoms with Gasteiger partial charge < -0.3 is 10.1 Å². The number of nitriles is 1. The molecule has 0 aliphatic heterocycles. The van der Waals surface area contributed by atoms with Crippen LogP contribution in [0.2, 0.25) is 0 Å². The summed E-state index contributed by atoms with van der Waals surface area (Å²) in [6.07, 6.45) is 0. The van der Waals surface area contributed by atoms with E-state index in [0.717, 1.165) is 5.69 Å². The summed E-state index contributed by atoms with van der Waals surface area (Å²) in [4.78, 5) is 11.1. The van der Waals surface area contributed by atoms with Gasteiger partial charge in [-0.2, -0.15) is 5.26 Å². The number of hydrogen-bond donors (Lipinski definition) is 1. The van der Waals surface area contributed by atoms with E-state index in [1.165, 1.54) is 7.11 Å². The zero-order valence-electron chi connectivity index (χ0n) is 7.78. The molecule has 0 bridgehead atoms. The molecule has 1 aromatic rings. The van der Waals surface area contributed by atoms with Crippen LogP contribution in [0.1, 0.15) is 10.4 Å². The minimum absolute atomic E-state index is 0.213. The van der Waals surface area contributed by atoms with Crippen molar-refractivity contribution < 1.29 is 9.53 Å². The molecule has 0 amide bonds. The van der Waals surface area contributed by atoms with Crippen LogP contribution in [-0.2, 0) is 4.74 Å². The molecule has 0 aromatic heterocycles. The van der Waals surface area contributed by atoms with Gasteiger partial charge in [-0.15, -0.1) is 0 Å². The molecular formula is C10H10N2O2. The smallest absolute Gasteiger partial charge is 0.337 e. The molecule has 1 rings (SSSR count). The van der Waals surface area contributed by atoms with Crippen molar-refractivity contribution in [2.75, 3.05) is 19.0 Å². The first kappa shape index (κ1) is 10.1. The van der Waals surface area contributed by atoms with Gasteiger partial charge in [0.05, 0.1) is 18.7 Å². The summed E-state index contributed by atoms with van der Waals surface area (Å²) >= 11 is 0. The van der Waals surface area contributed by atoms with Crippen molar-refractivity contribution in [1.82, 2.24) is 0 Å². The van der Waals surface area contributed by atoms with Crippen molar-refractivity contribution in [3.8, 4) is 6.07 Å². The molecular weight excluding hydrogens is 180 g/mol. The molecule has 0 fully saturated rings. The molecule has 1 aromatic carbocycles. The van der Waals surface area contributed by atoms with Gasteiger partial charge in [0.1, 0.15) is 6.54 Å². The lowest BCUT2D eigenvalue weighted by molar-refractivity contribution is 0.0601. The topological polar surface area (TPSA) is 62.1 Å². The Labute approximate surface area is 82.1 Å². The Morgan fingerprint density at radius 1 is 1.64 bits per heavy atom. The number of esters is 1. The normalized spacial score (nSPS) is 8.86. The predicted octanol–water partition coefficient (Wildman–Crippen LogP) is 1.41. The largest absolute Gasteiger partial charge is 0.465 e. The van der Waals surface area contributed by atoms with Gasteiger partial charge in [0, 0.05) is 5.69 Å². The minimum Gasteiger partial charge on any atom is -0.465 e. The molecule has 0 spiro atoms. The summed E-state index contributed by atoms with van der Waals surface area (Å²) in [5.41, 5.74) is 1.20. The van der Waals surface area contributed by atoms with E-state index in [1.54, 1.807) is 24.3 Å². The summed E-state index contributed by atoms with van der Waals surface area (Å²) < 4.78 is 4.56. The number of rotatable bonds is 3. The van der Waals surface area contributed by atoms with Crippen LogP contribution in [0, 0.1) is 11.3 Å². The second-order valence-corrected chi connectivity index (χ2v) is 2.58. The van der Waals surface area contributed by atoms with E-state index in [-0.39, 0.29) is 12.5 Å². The fourth-order valence-corrected chi connectivity index (χ4v) is 1.02. The zero-order valence-corrected chi connectivity index (χ0v) is 7.78. The average molecular weight is 190 g/mol. The second kappa shape index (κ2) is 4.87. The number of benzene rings is 1. The van der Waals surface area contributed by atoms with Crippen LogP contribution in [0.15, 0.2) is 24.3 Å². The van der Waals surface area contributed by atoms with Gasteiger partial charge in [0.15, 0.2) is 0 Å². The van der Waals surface area contributed by atoms with Crippen molar-refractivity contribution >= 4 is 11.7 Å². The van der Waals surface area contributed by atoms with Crippen molar-refractivity contribution in [3.05, 3.63) is 29.8 Å². The highest BCUT2D eigenvalue weighted by Crippen LogP contribution is 2.10. The molecule has 0 heterocycles. The summed E-state index contributed by atoms with van der Waals surface area (Å²) in [6.45, 7) is 0.213. The third-order valence-electron chi connectivity index (χ3n) is 1.66. The Morgan fingerprint density at radius 2 is 2.43 bits per heavy atom. The van der Waals surface area contributed by atoms with Crippen molar-refractivity contribution in [3.63, 3.8) is 0 Å². The van der Waals surface area contributed by atoms with Crippen molar-refractivity contribution in [2.24, 2.45) is 0 Å². The number of nitrogens with zero attached hydrogens (tertiary/aromatic N) is 1. The van der Waals surface area contributed by atoms with Crippen LogP contribution >= 0.6 is 0 Å². The van der Waals surface area contributed by atoms with Crippen molar-refractivity contribution in [2.45, 2.75) is 0 Å². The molecule has 0 radical (unpaired) electrons. The van der Waals surface area contributed by atoms with E-state index in [2.05, 4.69) is 10.1 Å². The fourth-order valence-electron chi connectivity index (χ4n) is 1.02. The average Bonchev–Trinajstić information content (AvgIpc) is 2.25. The highest BCUT2D eigenvalue weighted by Gasteiger charge is 2.04. The van der Waals surface area contributed by atoms with Crippen LogP contribution in [0.5, 0.6) is 0 Å². The molecule has 0 atom stereocenters. The molecule has 4 heteroatoms. The van der Waals surface area contributed by atoms with E-state index >= 15 is 0 Å². The maximum atomic E-state index is 11.1. The Bertz CT molecular complexity index is 369. The first-order chi connectivity index (χ1) is 6.77. The fraction of sp³-hybridized carbons (Fsp3) is 0.200. The first-order valence-corrected chi connectivity index (χ1v) is 4.07. The summed E-state index contributed by atoms with van der Waals surface area (Å²) in [5, 5.41) is 11.2. The Balaban J connectivity index is 2.79. The summed E-state index contributed by atoms with van der Waals surface area (Å²) in [6, 6.07) is 8.76. The minimum atomic E-state index is -0.384. The Hall–Kier alpha value is -2.02. The van der Waals surface area contributed by atoms with Crippen LogP contribution in [0.3, 0.4) is 0 Å². The number of carbonyl (C=O) groups excluding carboxylic acids is 1. The standard InChI is InChI=1S/C10H10N2O2/c1-14-10(13)8-3-2-4-9(7-8)12-6-5-11/h2-4,7,12H,6H2,1H3. The number of hydrogen-bond acceptors (Lipinski definition) is 4. The molecule has 14 heavy (non-hydrogen) atoms. The van der Waals surface area contributed by atoms with Crippen LogP contribution in [0.25, 0.3) is 0 Å². The van der Waals surface area contributed by atoms with Gasteiger partial charge in [0.25, 0.3) is 0 Å². The third kappa shape index (κ3) is 2.49. The SMILES string of the molecule is COC(=O)c1cccc(NCC#N)c1. The molecule has 1 N–H and O–H groups in total. The number of ether oxygens (including phenoxy) is 1. The van der Waals surface area contributed by atoms with E-state index in [1.807, 2.05) is 6.07 Å². The van der Waals surface area contributed by atoms with Gasteiger partial charge in [-0.1, -0.05) is 6.07 Å². The molecule has 0 saturated heterocycles. The number of anilines is 1. The first-order valence-electron chi connectivity index (χ1n) is 4.07. The van der Waals surface area contributed by atoms with Crippen molar-refractivity contribution in [1.29, 1.82) is 5.26 Å². The molecule has 0 aliphatic rings. The highest BCUT2D eigenvalue weighted by molar-refractivity contribution is 5.90. The molecule has 0 saturated carbocycles. The predicted molar refractivity (Wildman–Crippen MR) is 51.9 cm³/mol. The lowest BCUT2D eigenvalue weighted by Gasteiger charge is -2.03. The monoisotopic (exact) mass is 190 g/mol. The van der Waals surface area contributed by atoms with E-state index in [9.17, 15) is 4.79 Å². The number of methoxy groups -OCH3 is 1. The van der Waals surface area contributed by atoms with Gasteiger partial charge in [-0.3, -0.25) is 0 Å². The second-order valence-electron chi connectivity index (χ2n) is 2.58. The maximum Gasteiger partial charge on any atom is 0.337 e. The molecule has 0 aliphatic carbocycles. The zero-order chi connectivity index (χ0) is 10.4. The van der Waals surface area contributed by atoms with Gasteiger partial charge in [-0.25, -0.2) is 4.79 Å². The summed E-state index contributed by atoms with van der Waals surface area (Å²) in [7, 11) is 1.33. The molecule has 0 unspecified atom stereocenters. The highest BCUT2D eigenvalue weighted by atomic mass is 16.5. The van der Waals surface area contributed by atoms with Crippen LogP contribution in [-0.4, -0.2) is 19.6 Å². The van der Waals surface area contributed by atoms with E-state index < -0.39 is 0 Å². The lowest BCUT2D eigenvalue weighted by Crippen LogP contribution is -2.03. The van der Waals surface area contributed by atoms with E-state index in [4.69, 9.17) is 5.26 Å².